The number of para-hydroxylation sites is 1. The quantitative estimate of drug-likeness (QED) is 0.384. The number of aromatic amines is 1. The highest BCUT2D eigenvalue weighted by molar-refractivity contribution is 6.07. The first-order valence-electron chi connectivity index (χ1n) is 5.99. The maximum atomic E-state index is 12.0. The second-order valence-corrected chi connectivity index (χ2v) is 4.44. The van der Waals surface area contributed by atoms with Gasteiger partial charge < -0.3 is 4.98 Å². The Hall–Kier alpha value is -2.75. The van der Waals surface area contributed by atoms with Crippen LogP contribution in [0.3, 0.4) is 0 Å². The first-order chi connectivity index (χ1) is 9.33. The summed E-state index contributed by atoms with van der Waals surface area (Å²) in [5, 5.41) is 2.45. The lowest BCUT2D eigenvalue weighted by Crippen LogP contribution is -2.06. The van der Waals surface area contributed by atoms with Crippen molar-refractivity contribution in [3.63, 3.8) is 0 Å². The lowest BCUT2D eigenvalue weighted by atomic mass is 10.1. The molecule has 0 aliphatic rings. The number of pyridine rings is 1. The van der Waals surface area contributed by atoms with Crippen LogP contribution >= 0.6 is 0 Å². The van der Waals surface area contributed by atoms with Gasteiger partial charge in [0.2, 0.25) is 0 Å². The molecule has 0 amide bonds. The van der Waals surface area contributed by atoms with Gasteiger partial charge in [-0.2, -0.15) is 0 Å². The van der Waals surface area contributed by atoms with Crippen molar-refractivity contribution in [3.05, 3.63) is 59.1 Å². The Morgan fingerprint density at radius 1 is 0.947 bits per heavy atom. The SMILES string of the molecule is O=c1[nH]cnc2ccc3nc4ccccc4cc3c12. The van der Waals surface area contributed by atoms with E-state index in [2.05, 4.69) is 15.0 Å². The molecule has 0 aliphatic carbocycles. The molecular formula is C15H9N3O. The molecule has 2 heterocycles. The smallest absolute Gasteiger partial charge is 0.259 e. The summed E-state index contributed by atoms with van der Waals surface area (Å²) in [4.78, 5) is 23.4. The third kappa shape index (κ3) is 1.43. The van der Waals surface area contributed by atoms with Gasteiger partial charge in [0.05, 0.1) is 28.3 Å². The van der Waals surface area contributed by atoms with Crippen LogP contribution in [0.1, 0.15) is 0 Å². The Morgan fingerprint density at radius 3 is 2.74 bits per heavy atom. The summed E-state index contributed by atoms with van der Waals surface area (Å²) in [5.74, 6) is 0. The van der Waals surface area contributed by atoms with E-state index in [1.54, 1.807) is 0 Å². The number of rotatable bonds is 0. The summed E-state index contributed by atoms with van der Waals surface area (Å²) in [6, 6.07) is 13.6. The number of hydrogen-bond acceptors (Lipinski definition) is 3. The maximum absolute atomic E-state index is 12.0. The van der Waals surface area contributed by atoms with Crippen LogP contribution in [0.15, 0.2) is 53.6 Å². The van der Waals surface area contributed by atoms with Gasteiger partial charge in [-0.3, -0.25) is 4.79 Å². The van der Waals surface area contributed by atoms with E-state index in [9.17, 15) is 4.79 Å². The molecule has 4 heteroatoms. The third-order valence-electron chi connectivity index (χ3n) is 3.30. The molecule has 2 aromatic heterocycles. The molecule has 0 unspecified atom stereocenters. The van der Waals surface area contributed by atoms with E-state index in [1.807, 2.05) is 42.5 Å². The van der Waals surface area contributed by atoms with Gasteiger partial charge in [-0.15, -0.1) is 0 Å². The minimum Gasteiger partial charge on any atom is -0.313 e. The van der Waals surface area contributed by atoms with Crippen molar-refractivity contribution in [2.24, 2.45) is 0 Å². The highest BCUT2D eigenvalue weighted by atomic mass is 16.1. The number of fused-ring (bicyclic) bond motifs is 4. The van der Waals surface area contributed by atoms with Crippen LogP contribution in [0.5, 0.6) is 0 Å². The molecule has 0 bridgehead atoms. The Labute approximate surface area is 107 Å². The van der Waals surface area contributed by atoms with Crippen molar-refractivity contribution < 1.29 is 0 Å². The molecule has 0 saturated carbocycles. The number of aromatic nitrogens is 3. The van der Waals surface area contributed by atoms with Crippen molar-refractivity contribution in [2.75, 3.05) is 0 Å². The van der Waals surface area contributed by atoms with E-state index < -0.39 is 0 Å². The lowest BCUT2D eigenvalue weighted by Gasteiger charge is -2.04. The number of nitrogens with zero attached hydrogens (tertiary/aromatic N) is 2. The van der Waals surface area contributed by atoms with E-state index in [-0.39, 0.29) is 5.56 Å². The minimum atomic E-state index is -0.132. The van der Waals surface area contributed by atoms with Crippen LogP contribution in [0.4, 0.5) is 0 Å². The molecule has 4 nitrogen and oxygen atoms in total. The average Bonchev–Trinajstić information content (AvgIpc) is 2.45. The summed E-state index contributed by atoms with van der Waals surface area (Å²) in [6.07, 6.45) is 1.42. The highest BCUT2D eigenvalue weighted by Gasteiger charge is 2.07. The second-order valence-electron chi connectivity index (χ2n) is 4.44. The first-order valence-corrected chi connectivity index (χ1v) is 5.99. The highest BCUT2D eigenvalue weighted by Crippen LogP contribution is 2.23. The van der Waals surface area contributed by atoms with Gasteiger partial charge in [0.15, 0.2) is 0 Å². The van der Waals surface area contributed by atoms with Crippen molar-refractivity contribution in [1.82, 2.24) is 15.0 Å². The molecule has 19 heavy (non-hydrogen) atoms. The second kappa shape index (κ2) is 3.62. The molecule has 4 aromatic rings. The van der Waals surface area contributed by atoms with E-state index in [4.69, 9.17) is 0 Å². The van der Waals surface area contributed by atoms with Gasteiger partial charge in [-0.1, -0.05) is 18.2 Å². The Kier molecular flexibility index (Phi) is 1.94. The summed E-state index contributed by atoms with van der Waals surface area (Å²) >= 11 is 0. The van der Waals surface area contributed by atoms with E-state index in [1.165, 1.54) is 6.33 Å². The van der Waals surface area contributed by atoms with Gasteiger partial charge in [-0.05, 0) is 24.3 Å². The van der Waals surface area contributed by atoms with Crippen molar-refractivity contribution >= 4 is 32.7 Å². The number of hydrogen-bond donors (Lipinski definition) is 1. The number of benzene rings is 2. The third-order valence-corrected chi connectivity index (χ3v) is 3.30. The molecule has 90 valence electrons. The van der Waals surface area contributed by atoms with E-state index >= 15 is 0 Å². The lowest BCUT2D eigenvalue weighted by molar-refractivity contribution is 1.17. The van der Waals surface area contributed by atoms with Crippen molar-refractivity contribution in [2.45, 2.75) is 0 Å². The zero-order valence-electron chi connectivity index (χ0n) is 9.92. The standard InChI is InChI=1S/C15H9N3O/c19-15-14-10-7-9-3-1-2-4-11(9)18-12(10)5-6-13(14)16-8-17-15/h1-8H,(H,16,17,19). The molecule has 1 N–H and O–H groups in total. The molecule has 0 spiro atoms. The van der Waals surface area contributed by atoms with Gasteiger partial charge in [0, 0.05) is 10.8 Å². The predicted octanol–water partition coefficient (Wildman–Crippen LogP) is 2.62. The van der Waals surface area contributed by atoms with Gasteiger partial charge in [-0.25, -0.2) is 9.97 Å². The van der Waals surface area contributed by atoms with E-state index in [0.29, 0.717) is 10.9 Å². The van der Waals surface area contributed by atoms with Crippen LogP contribution in [0, 0.1) is 0 Å². The molecule has 0 radical (unpaired) electrons. The predicted molar refractivity (Wildman–Crippen MR) is 75.2 cm³/mol. The fourth-order valence-corrected chi connectivity index (χ4v) is 2.42. The number of nitrogens with one attached hydrogen (secondary N) is 1. The Bertz CT molecular complexity index is 989. The minimum absolute atomic E-state index is 0.132. The average molecular weight is 247 g/mol. The summed E-state index contributed by atoms with van der Waals surface area (Å²) in [5.41, 5.74) is 2.29. The van der Waals surface area contributed by atoms with Crippen molar-refractivity contribution in [1.29, 1.82) is 0 Å². The van der Waals surface area contributed by atoms with E-state index in [0.717, 1.165) is 21.8 Å². The molecule has 0 fully saturated rings. The largest absolute Gasteiger partial charge is 0.313 e. The molecule has 0 atom stereocenters. The summed E-state index contributed by atoms with van der Waals surface area (Å²) in [6.45, 7) is 0. The van der Waals surface area contributed by atoms with Gasteiger partial charge in [0.25, 0.3) is 5.56 Å². The number of H-pyrrole nitrogens is 1. The normalized spacial score (nSPS) is 11.4. The van der Waals surface area contributed by atoms with Crippen molar-refractivity contribution in [3.8, 4) is 0 Å². The Balaban J connectivity index is 2.32. The van der Waals surface area contributed by atoms with Gasteiger partial charge >= 0.3 is 0 Å². The summed E-state index contributed by atoms with van der Waals surface area (Å²) < 4.78 is 0. The van der Waals surface area contributed by atoms with Crippen LogP contribution in [0.25, 0.3) is 32.7 Å². The fraction of sp³-hybridized carbons (Fsp3) is 0. The molecule has 0 saturated heterocycles. The van der Waals surface area contributed by atoms with Gasteiger partial charge in [0.1, 0.15) is 0 Å². The summed E-state index contributed by atoms with van der Waals surface area (Å²) in [7, 11) is 0. The fourth-order valence-electron chi connectivity index (χ4n) is 2.42. The van der Waals surface area contributed by atoms with Crippen LogP contribution < -0.4 is 5.56 Å². The molecule has 0 aliphatic heterocycles. The van der Waals surface area contributed by atoms with Crippen LogP contribution in [-0.2, 0) is 0 Å². The zero-order chi connectivity index (χ0) is 12.8. The Morgan fingerprint density at radius 2 is 1.79 bits per heavy atom. The monoisotopic (exact) mass is 247 g/mol. The molecule has 2 aromatic carbocycles. The van der Waals surface area contributed by atoms with Crippen LogP contribution in [-0.4, -0.2) is 15.0 Å². The molecule has 4 rings (SSSR count). The topological polar surface area (TPSA) is 58.6 Å². The molecular weight excluding hydrogens is 238 g/mol. The maximum Gasteiger partial charge on any atom is 0.259 e. The first kappa shape index (κ1) is 10.2. The zero-order valence-corrected chi connectivity index (χ0v) is 9.92. The van der Waals surface area contributed by atoms with Crippen LogP contribution in [0.2, 0.25) is 0 Å².